The molecule has 0 heterocycles. The molecule has 0 rings (SSSR count). The normalized spacial score (nSPS) is 13.4. The van der Waals surface area contributed by atoms with Crippen LogP contribution in [0.2, 0.25) is 0 Å². The first kappa shape index (κ1) is 15.0. The summed E-state index contributed by atoms with van der Waals surface area (Å²) in [6.45, 7) is 10.4. The first-order valence-corrected chi connectivity index (χ1v) is 6.90. The zero-order valence-corrected chi connectivity index (χ0v) is 11.3. The molecule has 1 unspecified atom stereocenters. The van der Waals surface area contributed by atoms with Crippen LogP contribution in [0.1, 0.15) is 72.6 Å². The Morgan fingerprint density at radius 3 is 2.13 bits per heavy atom. The average molecular weight is 213 g/mol. The van der Waals surface area contributed by atoms with Crippen LogP contribution in [0.3, 0.4) is 0 Å². The largest absolute Gasteiger partial charge is 0.314 e. The molecule has 0 radical (unpaired) electrons. The Kier molecular flexibility index (Phi) is 10.4. The molecule has 0 aromatic rings. The summed E-state index contributed by atoms with van der Waals surface area (Å²) in [7, 11) is 0. The summed E-state index contributed by atoms with van der Waals surface area (Å²) in [6.07, 6.45) is 9.56. The van der Waals surface area contributed by atoms with Crippen LogP contribution < -0.4 is 5.32 Å². The van der Waals surface area contributed by atoms with Gasteiger partial charge < -0.3 is 5.32 Å². The maximum Gasteiger partial charge on any atom is 0.00387 e. The van der Waals surface area contributed by atoms with E-state index in [1.165, 1.54) is 51.5 Å². The van der Waals surface area contributed by atoms with Crippen molar-refractivity contribution in [2.45, 2.75) is 78.7 Å². The standard InChI is InChI=1S/C14H31N/c1-5-6-7-11-14(4)15-12-9-8-10-13(2)3/h13-15H,5-12H2,1-4H3. The minimum atomic E-state index is 0.718. The first-order chi connectivity index (χ1) is 7.16. The van der Waals surface area contributed by atoms with Crippen molar-refractivity contribution in [3.63, 3.8) is 0 Å². The van der Waals surface area contributed by atoms with E-state index in [4.69, 9.17) is 0 Å². The van der Waals surface area contributed by atoms with Crippen LogP contribution in [0.15, 0.2) is 0 Å². The second-order valence-corrected chi connectivity index (χ2v) is 5.24. The van der Waals surface area contributed by atoms with Crippen LogP contribution in [0, 0.1) is 5.92 Å². The van der Waals surface area contributed by atoms with Gasteiger partial charge in [-0.3, -0.25) is 0 Å². The van der Waals surface area contributed by atoms with Crippen LogP contribution in [0.5, 0.6) is 0 Å². The smallest absolute Gasteiger partial charge is 0.00387 e. The molecule has 1 N–H and O–H groups in total. The van der Waals surface area contributed by atoms with Crippen LogP contribution >= 0.6 is 0 Å². The van der Waals surface area contributed by atoms with Gasteiger partial charge in [-0.15, -0.1) is 0 Å². The van der Waals surface area contributed by atoms with Gasteiger partial charge in [-0.05, 0) is 32.2 Å². The Morgan fingerprint density at radius 2 is 1.53 bits per heavy atom. The van der Waals surface area contributed by atoms with E-state index in [1.807, 2.05) is 0 Å². The quantitative estimate of drug-likeness (QED) is 0.531. The Morgan fingerprint density at radius 1 is 0.867 bits per heavy atom. The van der Waals surface area contributed by atoms with E-state index in [9.17, 15) is 0 Å². The highest BCUT2D eigenvalue weighted by atomic mass is 14.9. The molecule has 0 saturated carbocycles. The molecule has 0 aliphatic heterocycles. The van der Waals surface area contributed by atoms with Gasteiger partial charge in [0.05, 0.1) is 0 Å². The van der Waals surface area contributed by atoms with Gasteiger partial charge in [-0.2, -0.15) is 0 Å². The minimum Gasteiger partial charge on any atom is -0.314 e. The number of unbranched alkanes of at least 4 members (excludes halogenated alkanes) is 3. The number of nitrogens with one attached hydrogen (secondary N) is 1. The molecular weight excluding hydrogens is 182 g/mol. The van der Waals surface area contributed by atoms with Crippen molar-refractivity contribution in [3.05, 3.63) is 0 Å². The molecular formula is C14H31N. The van der Waals surface area contributed by atoms with Crippen molar-refractivity contribution in [1.29, 1.82) is 0 Å². The van der Waals surface area contributed by atoms with Crippen molar-refractivity contribution >= 4 is 0 Å². The third-order valence-electron chi connectivity index (χ3n) is 2.94. The van der Waals surface area contributed by atoms with Crippen molar-refractivity contribution < 1.29 is 0 Å². The number of hydrogen-bond donors (Lipinski definition) is 1. The van der Waals surface area contributed by atoms with E-state index in [0.717, 1.165) is 12.0 Å². The SMILES string of the molecule is CCCCCC(C)NCCCCC(C)C. The summed E-state index contributed by atoms with van der Waals surface area (Å²) in [5, 5.41) is 3.62. The monoisotopic (exact) mass is 213 g/mol. The fourth-order valence-corrected chi connectivity index (χ4v) is 1.83. The molecule has 0 fully saturated rings. The predicted octanol–water partition coefficient (Wildman–Crippen LogP) is 4.37. The molecule has 92 valence electrons. The van der Waals surface area contributed by atoms with Crippen LogP contribution in [-0.2, 0) is 0 Å². The average Bonchev–Trinajstić information content (AvgIpc) is 2.17. The van der Waals surface area contributed by atoms with Gasteiger partial charge >= 0.3 is 0 Å². The highest BCUT2D eigenvalue weighted by Gasteiger charge is 2.00. The van der Waals surface area contributed by atoms with Crippen molar-refractivity contribution in [2.24, 2.45) is 5.92 Å². The highest BCUT2D eigenvalue weighted by molar-refractivity contribution is 4.60. The molecule has 0 aliphatic carbocycles. The lowest BCUT2D eigenvalue weighted by atomic mass is 10.1. The highest BCUT2D eigenvalue weighted by Crippen LogP contribution is 2.06. The van der Waals surface area contributed by atoms with E-state index < -0.39 is 0 Å². The second-order valence-electron chi connectivity index (χ2n) is 5.24. The number of hydrogen-bond acceptors (Lipinski definition) is 1. The van der Waals surface area contributed by atoms with Gasteiger partial charge in [0.1, 0.15) is 0 Å². The van der Waals surface area contributed by atoms with E-state index >= 15 is 0 Å². The third-order valence-corrected chi connectivity index (χ3v) is 2.94. The Labute approximate surface area is 97.0 Å². The van der Waals surface area contributed by atoms with Crippen LogP contribution in [0.4, 0.5) is 0 Å². The molecule has 15 heavy (non-hydrogen) atoms. The van der Waals surface area contributed by atoms with Crippen molar-refractivity contribution in [3.8, 4) is 0 Å². The molecule has 0 aromatic heterocycles. The van der Waals surface area contributed by atoms with Gasteiger partial charge in [0.2, 0.25) is 0 Å². The van der Waals surface area contributed by atoms with Gasteiger partial charge in [-0.25, -0.2) is 0 Å². The molecule has 0 spiro atoms. The molecule has 0 bridgehead atoms. The van der Waals surface area contributed by atoms with Crippen LogP contribution in [0.25, 0.3) is 0 Å². The molecule has 1 nitrogen and oxygen atoms in total. The van der Waals surface area contributed by atoms with Gasteiger partial charge in [-0.1, -0.05) is 52.9 Å². The Bertz CT molecular complexity index is 121. The Balaban J connectivity index is 3.13. The van der Waals surface area contributed by atoms with Gasteiger partial charge in [0.25, 0.3) is 0 Å². The first-order valence-electron chi connectivity index (χ1n) is 6.90. The van der Waals surface area contributed by atoms with E-state index in [0.29, 0.717) is 0 Å². The molecule has 1 atom stereocenters. The number of rotatable bonds is 10. The topological polar surface area (TPSA) is 12.0 Å². The second kappa shape index (κ2) is 10.5. The van der Waals surface area contributed by atoms with Crippen LogP contribution in [-0.4, -0.2) is 12.6 Å². The maximum absolute atomic E-state index is 3.62. The van der Waals surface area contributed by atoms with E-state index in [2.05, 4.69) is 33.0 Å². The van der Waals surface area contributed by atoms with Crippen molar-refractivity contribution in [1.82, 2.24) is 5.32 Å². The summed E-state index contributed by atoms with van der Waals surface area (Å²) >= 11 is 0. The zero-order chi connectivity index (χ0) is 11.5. The van der Waals surface area contributed by atoms with E-state index in [1.54, 1.807) is 0 Å². The summed E-state index contributed by atoms with van der Waals surface area (Å²) in [5.41, 5.74) is 0. The lowest BCUT2D eigenvalue weighted by molar-refractivity contribution is 0.462. The van der Waals surface area contributed by atoms with Gasteiger partial charge in [0.15, 0.2) is 0 Å². The molecule has 0 amide bonds. The fraction of sp³-hybridized carbons (Fsp3) is 1.00. The molecule has 0 aliphatic rings. The maximum atomic E-state index is 3.62. The summed E-state index contributed by atoms with van der Waals surface area (Å²) in [6, 6.07) is 0.718. The summed E-state index contributed by atoms with van der Waals surface area (Å²) < 4.78 is 0. The third kappa shape index (κ3) is 11.9. The predicted molar refractivity (Wildman–Crippen MR) is 70.3 cm³/mol. The molecule has 1 heteroatoms. The lowest BCUT2D eigenvalue weighted by Crippen LogP contribution is -2.26. The molecule has 0 aromatic carbocycles. The van der Waals surface area contributed by atoms with E-state index in [-0.39, 0.29) is 0 Å². The minimum absolute atomic E-state index is 0.718. The zero-order valence-electron chi connectivity index (χ0n) is 11.3. The molecule has 0 saturated heterocycles. The van der Waals surface area contributed by atoms with Crippen molar-refractivity contribution in [2.75, 3.05) is 6.54 Å². The summed E-state index contributed by atoms with van der Waals surface area (Å²) in [4.78, 5) is 0. The van der Waals surface area contributed by atoms with Gasteiger partial charge in [0, 0.05) is 6.04 Å². The lowest BCUT2D eigenvalue weighted by Gasteiger charge is -2.13. The Hall–Kier alpha value is -0.0400. The summed E-state index contributed by atoms with van der Waals surface area (Å²) in [5.74, 6) is 0.868. The fourth-order valence-electron chi connectivity index (χ4n) is 1.83.